The molecule has 2 aromatic rings. The third-order valence-corrected chi connectivity index (χ3v) is 5.51. The summed E-state index contributed by atoms with van der Waals surface area (Å²) in [6, 6.07) is 15.6. The highest BCUT2D eigenvalue weighted by Crippen LogP contribution is 2.42. The topological polar surface area (TPSA) is 49.8 Å². The van der Waals surface area contributed by atoms with Crippen LogP contribution >= 0.6 is 12.4 Å². The number of hydrogen-bond acceptors (Lipinski definition) is 3. The summed E-state index contributed by atoms with van der Waals surface area (Å²) in [5.41, 5.74) is 3.99. The van der Waals surface area contributed by atoms with Crippen LogP contribution < -0.4 is 4.74 Å². The number of carboxylic acids is 1. The van der Waals surface area contributed by atoms with Gasteiger partial charge in [-0.05, 0) is 80.6 Å². The summed E-state index contributed by atoms with van der Waals surface area (Å²) in [6.07, 6.45) is 5.34. The highest BCUT2D eigenvalue weighted by molar-refractivity contribution is 5.88. The van der Waals surface area contributed by atoms with Crippen molar-refractivity contribution in [2.75, 3.05) is 27.7 Å². The predicted octanol–water partition coefficient (Wildman–Crippen LogP) is 5.34. The summed E-state index contributed by atoms with van der Waals surface area (Å²) >= 11 is 0. The standard InChI is InChI=1S/C24H29NO3.ClH/c1-25(2)16-21-11-10-18(12-17-6-4-8-20(13-17)24(26)27)14-23(21)19-7-5-9-22(15-19)28-3;/h4-9,12-13,15,21,23H,10-11,14,16H2,1-3H3,(H,26,27);1H. The SMILES string of the molecule is COc1cccc(C2CC(=Cc3cccc(C(=O)O)c3)CCC2CN(C)C)c1.Cl. The van der Waals surface area contributed by atoms with Crippen LogP contribution in [0.5, 0.6) is 5.75 Å². The first-order valence-corrected chi connectivity index (χ1v) is 9.77. The van der Waals surface area contributed by atoms with Crippen LogP contribution in [0.1, 0.15) is 46.7 Å². The van der Waals surface area contributed by atoms with E-state index in [0.717, 1.165) is 37.1 Å². The smallest absolute Gasteiger partial charge is 0.335 e. The zero-order valence-electron chi connectivity index (χ0n) is 17.3. The minimum Gasteiger partial charge on any atom is -0.497 e. The summed E-state index contributed by atoms with van der Waals surface area (Å²) in [7, 11) is 5.97. The van der Waals surface area contributed by atoms with Crippen molar-refractivity contribution >= 4 is 24.5 Å². The molecular weight excluding hydrogens is 386 g/mol. The minimum absolute atomic E-state index is 0. The van der Waals surface area contributed by atoms with Crippen molar-refractivity contribution in [2.24, 2.45) is 5.92 Å². The first kappa shape index (κ1) is 23.0. The third kappa shape index (κ3) is 6.09. The fraction of sp³-hybridized carbons (Fsp3) is 0.375. The fourth-order valence-electron chi connectivity index (χ4n) is 4.20. The summed E-state index contributed by atoms with van der Waals surface area (Å²) in [6.45, 7) is 1.06. The van der Waals surface area contributed by atoms with Crippen molar-refractivity contribution in [3.05, 3.63) is 70.8 Å². The molecule has 29 heavy (non-hydrogen) atoms. The molecule has 5 heteroatoms. The molecule has 0 bridgehead atoms. The van der Waals surface area contributed by atoms with Gasteiger partial charge in [-0.2, -0.15) is 0 Å². The number of halogens is 1. The molecule has 156 valence electrons. The Morgan fingerprint density at radius 2 is 1.97 bits per heavy atom. The van der Waals surface area contributed by atoms with Gasteiger partial charge in [-0.1, -0.05) is 35.9 Å². The molecule has 0 saturated heterocycles. The van der Waals surface area contributed by atoms with Crippen molar-refractivity contribution in [3.63, 3.8) is 0 Å². The normalized spacial score (nSPS) is 20.3. The van der Waals surface area contributed by atoms with E-state index >= 15 is 0 Å². The minimum atomic E-state index is -0.885. The van der Waals surface area contributed by atoms with Crippen LogP contribution in [-0.2, 0) is 0 Å². The number of allylic oxidation sites excluding steroid dienone is 1. The van der Waals surface area contributed by atoms with Gasteiger partial charge in [0.15, 0.2) is 0 Å². The lowest BCUT2D eigenvalue weighted by molar-refractivity contribution is 0.0697. The third-order valence-electron chi connectivity index (χ3n) is 5.51. The van der Waals surface area contributed by atoms with E-state index in [2.05, 4.69) is 43.3 Å². The van der Waals surface area contributed by atoms with Gasteiger partial charge in [0.25, 0.3) is 0 Å². The molecule has 1 aliphatic rings. The number of nitrogens with zero attached hydrogens (tertiary/aromatic N) is 1. The lowest BCUT2D eigenvalue weighted by atomic mass is 9.73. The van der Waals surface area contributed by atoms with E-state index in [1.807, 2.05) is 18.2 Å². The van der Waals surface area contributed by atoms with Crippen molar-refractivity contribution in [3.8, 4) is 5.75 Å². The maximum Gasteiger partial charge on any atom is 0.335 e. The number of benzene rings is 2. The Balaban J connectivity index is 0.00000300. The molecule has 0 radical (unpaired) electrons. The van der Waals surface area contributed by atoms with Crippen molar-refractivity contribution < 1.29 is 14.6 Å². The first-order chi connectivity index (χ1) is 13.5. The van der Waals surface area contributed by atoms with Crippen molar-refractivity contribution in [1.82, 2.24) is 4.90 Å². The van der Waals surface area contributed by atoms with Gasteiger partial charge in [-0.3, -0.25) is 0 Å². The number of aromatic carboxylic acids is 1. The molecule has 3 rings (SSSR count). The van der Waals surface area contributed by atoms with Crippen LogP contribution in [0.25, 0.3) is 6.08 Å². The van der Waals surface area contributed by atoms with Crippen LogP contribution in [-0.4, -0.2) is 43.7 Å². The number of carboxylic acid groups (broad SMARTS) is 1. The second-order valence-electron chi connectivity index (χ2n) is 7.88. The number of methoxy groups -OCH3 is 1. The van der Waals surface area contributed by atoms with Crippen LogP contribution in [0, 0.1) is 5.92 Å². The molecule has 0 heterocycles. The van der Waals surface area contributed by atoms with Crippen molar-refractivity contribution in [1.29, 1.82) is 0 Å². The molecule has 1 saturated carbocycles. The Morgan fingerprint density at radius 1 is 1.21 bits per heavy atom. The Labute approximate surface area is 179 Å². The van der Waals surface area contributed by atoms with Gasteiger partial charge in [-0.15, -0.1) is 12.4 Å². The lowest BCUT2D eigenvalue weighted by Gasteiger charge is -2.35. The molecular formula is C24H30ClNO3. The molecule has 2 aromatic carbocycles. The molecule has 1 aliphatic carbocycles. The molecule has 0 aliphatic heterocycles. The first-order valence-electron chi connectivity index (χ1n) is 9.77. The van der Waals surface area contributed by atoms with Gasteiger partial charge >= 0.3 is 5.97 Å². The van der Waals surface area contributed by atoms with Gasteiger partial charge in [0.05, 0.1) is 12.7 Å². The Morgan fingerprint density at radius 3 is 2.66 bits per heavy atom. The highest BCUT2D eigenvalue weighted by atomic mass is 35.5. The van der Waals surface area contributed by atoms with E-state index in [-0.39, 0.29) is 12.4 Å². The highest BCUT2D eigenvalue weighted by Gasteiger charge is 2.29. The molecule has 0 spiro atoms. The summed E-state index contributed by atoms with van der Waals surface area (Å²) in [5, 5.41) is 9.24. The van der Waals surface area contributed by atoms with Crippen LogP contribution in [0.15, 0.2) is 54.1 Å². The average molecular weight is 416 g/mol. The van der Waals surface area contributed by atoms with E-state index in [1.165, 1.54) is 11.1 Å². The molecule has 0 aromatic heterocycles. The molecule has 4 nitrogen and oxygen atoms in total. The summed E-state index contributed by atoms with van der Waals surface area (Å²) in [5.74, 6) is 1.03. The average Bonchev–Trinajstić information content (AvgIpc) is 2.69. The number of hydrogen-bond donors (Lipinski definition) is 1. The predicted molar refractivity (Wildman–Crippen MR) is 120 cm³/mol. The fourth-order valence-corrected chi connectivity index (χ4v) is 4.20. The number of ether oxygens (including phenoxy) is 1. The molecule has 1 N–H and O–H groups in total. The van der Waals surface area contributed by atoms with Crippen LogP contribution in [0.2, 0.25) is 0 Å². The van der Waals surface area contributed by atoms with E-state index in [1.54, 1.807) is 19.2 Å². The van der Waals surface area contributed by atoms with Crippen LogP contribution in [0.3, 0.4) is 0 Å². The zero-order valence-corrected chi connectivity index (χ0v) is 18.1. The van der Waals surface area contributed by atoms with Gasteiger partial charge in [0.1, 0.15) is 5.75 Å². The number of carbonyl (C=O) groups is 1. The van der Waals surface area contributed by atoms with E-state index in [0.29, 0.717) is 17.4 Å². The maximum atomic E-state index is 11.3. The van der Waals surface area contributed by atoms with Gasteiger partial charge in [0.2, 0.25) is 0 Å². The van der Waals surface area contributed by atoms with Crippen molar-refractivity contribution in [2.45, 2.75) is 25.2 Å². The lowest BCUT2D eigenvalue weighted by Crippen LogP contribution is -2.29. The quantitative estimate of drug-likeness (QED) is 0.691. The summed E-state index contributed by atoms with van der Waals surface area (Å²) < 4.78 is 5.44. The molecule has 0 amide bonds. The molecule has 2 unspecified atom stereocenters. The van der Waals surface area contributed by atoms with Gasteiger partial charge in [0, 0.05) is 6.54 Å². The molecule has 1 fully saturated rings. The van der Waals surface area contributed by atoms with Crippen LogP contribution in [0.4, 0.5) is 0 Å². The van der Waals surface area contributed by atoms with E-state index < -0.39 is 5.97 Å². The second-order valence-corrected chi connectivity index (χ2v) is 7.88. The zero-order chi connectivity index (χ0) is 20.1. The Kier molecular flexibility index (Phi) is 8.30. The monoisotopic (exact) mass is 415 g/mol. The number of rotatable bonds is 6. The molecule has 2 atom stereocenters. The Bertz CT molecular complexity index is 863. The van der Waals surface area contributed by atoms with Gasteiger partial charge in [-0.25, -0.2) is 4.79 Å². The Hall–Kier alpha value is -2.30. The van der Waals surface area contributed by atoms with Gasteiger partial charge < -0.3 is 14.7 Å². The summed E-state index contributed by atoms with van der Waals surface area (Å²) in [4.78, 5) is 13.5. The largest absolute Gasteiger partial charge is 0.497 e. The maximum absolute atomic E-state index is 11.3. The second kappa shape index (κ2) is 10.5. The van der Waals surface area contributed by atoms with E-state index in [9.17, 15) is 9.90 Å². The van der Waals surface area contributed by atoms with E-state index in [4.69, 9.17) is 4.74 Å².